The number of benzene rings is 2. The number of hydrogen-bond donors (Lipinski definition) is 3. The first-order chi connectivity index (χ1) is 18.3. The van der Waals surface area contributed by atoms with E-state index in [9.17, 15) is 19.2 Å². The van der Waals surface area contributed by atoms with Crippen molar-refractivity contribution in [3.63, 3.8) is 0 Å². The summed E-state index contributed by atoms with van der Waals surface area (Å²) in [6.07, 6.45) is 3.49. The van der Waals surface area contributed by atoms with Crippen molar-refractivity contribution in [3.8, 4) is 11.1 Å². The van der Waals surface area contributed by atoms with Gasteiger partial charge >= 0.3 is 5.76 Å². The molecule has 2 aliphatic rings. The van der Waals surface area contributed by atoms with Gasteiger partial charge in [-0.15, -0.1) is 5.10 Å². The number of nitrogens with zero attached hydrogens (tertiary/aromatic N) is 1. The van der Waals surface area contributed by atoms with Gasteiger partial charge < -0.3 is 15.1 Å². The van der Waals surface area contributed by atoms with E-state index in [1.54, 1.807) is 12.1 Å². The Kier molecular flexibility index (Phi) is 7.01. The summed E-state index contributed by atoms with van der Waals surface area (Å²) in [6, 6.07) is 17.0. The summed E-state index contributed by atoms with van der Waals surface area (Å²) in [5.74, 6) is -2.59. The highest BCUT2D eigenvalue weighted by Gasteiger charge is 2.63. The Labute approximate surface area is 220 Å². The van der Waals surface area contributed by atoms with E-state index in [0.717, 1.165) is 24.0 Å². The maximum atomic E-state index is 13.6. The van der Waals surface area contributed by atoms with Crippen LogP contribution in [0.4, 0.5) is 0 Å². The average Bonchev–Trinajstić information content (AvgIpc) is 3.51. The van der Waals surface area contributed by atoms with E-state index in [4.69, 9.17) is 4.42 Å². The SMILES string of the molecule is CC(C)[C@@H]1CC1(NC(=O)[C@@H]1CCCC[C@@H]1NC(=O)c1ccc(-c2ccccc2)cc1)C(=O)c1n[nH]c(=O)o1. The summed E-state index contributed by atoms with van der Waals surface area (Å²) in [5.41, 5.74) is 1.46. The Hall–Kier alpha value is -4.01. The van der Waals surface area contributed by atoms with Crippen molar-refractivity contribution in [3.05, 3.63) is 76.6 Å². The van der Waals surface area contributed by atoms with Gasteiger partial charge in [-0.05, 0) is 54.4 Å². The van der Waals surface area contributed by atoms with Crippen LogP contribution in [-0.2, 0) is 4.79 Å². The fraction of sp³-hybridized carbons (Fsp3) is 0.414. The van der Waals surface area contributed by atoms with Crippen molar-refractivity contribution in [1.29, 1.82) is 0 Å². The number of Topliss-reactive ketones (excluding diaryl/α,β-unsaturated/α-hetero) is 1. The minimum Gasteiger partial charge on any atom is -0.384 e. The quantitative estimate of drug-likeness (QED) is 0.391. The smallest absolute Gasteiger partial charge is 0.384 e. The molecular weight excluding hydrogens is 484 g/mol. The summed E-state index contributed by atoms with van der Waals surface area (Å²) in [7, 11) is 0. The lowest BCUT2D eigenvalue weighted by molar-refractivity contribution is -0.127. The third-order valence-corrected chi connectivity index (χ3v) is 7.88. The lowest BCUT2D eigenvalue weighted by atomic mass is 9.83. The number of hydrogen-bond acceptors (Lipinski definition) is 6. The van der Waals surface area contributed by atoms with Crippen LogP contribution in [0.3, 0.4) is 0 Å². The van der Waals surface area contributed by atoms with Gasteiger partial charge in [0.05, 0.1) is 5.92 Å². The van der Waals surface area contributed by atoms with Gasteiger partial charge in [0, 0.05) is 11.6 Å². The second-order valence-corrected chi connectivity index (χ2v) is 10.7. The van der Waals surface area contributed by atoms with Gasteiger partial charge in [-0.1, -0.05) is 69.2 Å². The zero-order valence-corrected chi connectivity index (χ0v) is 21.5. The molecule has 0 saturated heterocycles. The van der Waals surface area contributed by atoms with Crippen LogP contribution in [0.25, 0.3) is 11.1 Å². The molecule has 2 aliphatic carbocycles. The first kappa shape index (κ1) is 25.6. The molecule has 2 saturated carbocycles. The molecule has 4 atom stereocenters. The van der Waals surface area contributed by atoms with Crippen LogP contribution < -0.4 is 16.4 Å². The van der Waals surface area contributed by atoms with Crippen LogP contribution in [0.15, 0.2) is 63.8 Å². The molecule has 1 aromatic heterocycles. The second kappa shape index (κ2) is 10.4. The lowest BCUT2D eigenvalue weighted by Gasteiger charge is -2.32. The molecule has 38 heavy (non-hydrogen) atoms. The van der Waals surface area contributed by atoms with Crippen molar-refractivity contribution < 1.29 is 18.8 Å². The van der Waals surface area contributed by atoms with E-state index in [-0.39, 0.29) is 35.6 Å². The Morgan fingerprint density at radius 2 is 1.68 bits per heavy atom. The molecule has 0 radical (unpaired) electrons. The molecule has 9 heteroatoms. The van der Waals surface area contributed by atoms with Crippen molar-refractivity contribution in [2.45, 2.75) is 57.5 Å². The minimum atomic E-state index is -1.16. The molecule has 0 bridgehead atoms. The van der Waals surface area contributed by atoms with Crippen LogP contribution in [0, 0.1) is 17.8 Å². The zero-order valence-electron chi connectivity index (χ0n) is 21.5. The number of carbonyl (C=O) groups excluding carboxylic acids is 3. The van der Waals surface area contributed by atoms with Crippen molar-refractivity contribution in [1.82, 2.24) is 20.8 Å². The third kappa shape index (κ3) is 5.05. The number of aromatic amines is 1. The monoisotopic (exact) mass is 516 g/mol. The third-order valence-electron chi connectivity index (χ3n) is 7.88. The zero-order chi connectivity index (χ0) is 26.9. The molecular formula is C29H32N4O5. The van der Waals surface area contributed by atoms with Crippen LogP contribution in [0.5, 0.6) is 0 Å². The van der Waals surface area contributed by atoms with Gasteiger partial charge in [0.15, 0.2) is 0 Å². The molecule has 3 N–H and O–H groups in total. The Balaban J connectivity index is 1.29. The Bertz CT molecular complexity index is 1380. The number of aromatic nitrogens is 2. The van der Waals surface area contributed by atoms with E-state index in [2.05, 4.69) is 20.8 Å². The van der Waals surface area contributed by atoms with Gasteiger partial charge in [0.2, 0.25) is 11.7 Å². The summed E-state index contributed by atoms with van der Waals surface area (Å²) in [5, 5.41) is 11.9. The van der Waals surface area contributed by atoms with E-state index in [0.29, 0.717) is 24.8 Å². The van der Waals surface area contributed by atoms with E-state index in [1.165, 1.54) is 0 Å². The van der Waals surface area contributed by atoms with E-state index < -0.39 is 23.0 Å². The van der Waals surface area contributed by atoms with Gasteiger partial charge in [-0.2, -0.15) is 0 Å². The van der Waals surface area contributed by atoms with E-state index >= 15 is 0 Å². The van der Waals surface area contributed by atoms with Crippen molar-refractivity contribution in [2.24, 2.45) is 17.8 Å². The topological polar surface area (TPSA) is 134 Å². The summed E-state index contributed by atoms with van der Waals surface area (Å²) in [4.78, 5) is 51.3. The summed E-state index contributed by atoms with van der Waals surface area (Å²) >= 11 is 0. The molecule has 2 aromatic carbocycles. The average molecular weight is 517 g/mol. The number of H-pyrrole nitrogens is 1. The maximum absolute atomic E-state index is 13.6. The number of carbonyl (C=O) groups is 3. The highest BCUT2D eigenvalue weighted by molar-refractivity contribution is 6.05. The number of amides is 2. The predicted molar refractivity (Wildman–Crippen MR) is 140 cm³/mol. The molecule has 5 rings (SSSR count). The summed E-state index contributed by atoms with van der Waals surface area (Å²) in [6.45, 7) is 3.97. The van der Waals surface area contributed by atoms with Crippen molar-refractivity contribution >= 4 is 17.6 Å². The van der Waals surface area contributed by atoms with Crippen LogP contribution >= 0.6 is 0 Å². The lowest BCUT2D eigenvalue weighted by Crippen LogP contribution is -2.53. The molecule has 2 fully saturated rings. The first-order valence-corrected chi connectivity index (χ1v) is 13.2. The second-order valence-electron chi connectivity index (χ2n) is 10.7. The predicted octanol–water partition coefficient (Wildman–Crippen LogP) is 3.73. The molecule has 1 unspecified atom stereocenters. The van der Waals surface area contributed by atoms with E-state index in [1.807, 2.05) is 56.3 Å². The number of nitrogens with one attached hydrogen (secondary N) is 3. The molecule has 198 valence electrons. The first-order valence-electron chi connectivity index (χ1n) is 13.2. The van der Waals surface area contributed by atoms with Gasteiger partial charge in [-0.3, -0.25) is 14.4 Å². The van der Waals surface area contributed by atoms with Crippen LogP contribution in [0.2, 0.25) is 0 Å². The minimum absolute atomic E-state index is 0.0966. The Morgan fingerprint density at radius 1 is 1.00 bits per heavy atom. The highest BCUT2D eigenvalue weighted by Crippen LogP contribution is 2.50. The number of ketones is 1. The molecule has 3 aromatic rings. The van der Waals surface area contributed by atoms with Gasteiger partial charge in [0.25, 0.3) is 11.8 Å². The van der Waals surface area contributed by atoms with Crippen LogP contribution in [-0.4, -0.2) is 39.4 Å². The van der Waals surface area contributed by atoms with Gasteiger partial charge in [0.1, 0.15) is 5.54 Å². The summed E-state index contributed by atoms with van der Waals surface area (Å²) < 4.78 is 4.91. The maximum Gasteiger partial charge on any atom is 0.434 e. The molecule has 0 aliphatic heterocycles. The highest BCUT2D eigenvalue weighted by atomic mass is 16.4. The molecule has 0 spiro atoms. The molecule has 1 heterocycles. The molecule has 2 amide bonds. The van der Waals surface area contributed by atoms with Gasteiger partial charge in [-0.25, -0.2) is 9.89 Å². The standard InChI is InChI=1S/C29H32N4O5/c1-17(2)22-16-29(22,24(34)27-32-33-28(37)38-27)31-26(36)21-10-6-7-11-23(21)30-25(35)20-14-12-19(13-15-20)18-8-4-3-5-9-18/h3-5,8-9,12-15,17,21-23H,6-7,10-11,16H2,1-2H3,(H,30,35)(H,31,36)(H,33,37)/t21-,22+,23+,29?/m1/s1. The van der Waals surface area contributed by atoms with Crippen molar-refractivity contribution in [2.75, 3.05) is 0 Å². The molecule has 9 nitrogen and oxygen atoms in total. The number of rotatable bonds is 8. The van der Waals surface area contributed by atoms with Crippen LogP contribution in [0.1, 0.15) is 67.0 Å². The Morgan fingerprint density at radius 3 is 2.32 bits per heavy atom. The fourth-order valence-corrected chi connectivity index (χ4v) is 5.70. The largest absolute Gasteiger partial charge is 0.434 e. The fourth-order valence-electron chi connectivity index (χ4n) is 5.70. The normalized spacial score (nSPS) is 24.6.